The number of carbonyl (C=O) groups is 1. The molecule has 0 fully saturated rings. The topological polar surface area (TPSA) is 61.4 Å². The molecule has 0 unspecified atom stereocenters. The van der Waals surface area contributed by atoms with E-state index in [4.69, 9.17) is 0 Å². The number of hydrogen-bond acceptors (Lipinski definition) is 3. The second-order valence-electron chi connectivity index (χ2n) is 4.30. The third kappa shape index (κ3) is 3.13. The van der Waals surface area contributed by atoms with E-state index in [0.717, 1.165) is 23.8 Å². The van der Waals surface area contributed by atoms with Gasteiger partial charge < -0.3 is 15.7 Å². The number of para-hydroxylation sites is 1. The van der Waals surface area contributed by atoms with Gasteiger partial charge in [0, 0.05) is 12.2 Å². The average Bonchev–Trinajstić information content (AvgIpc) is 2.44. The number of nitrogens with one attached hydrogen (secondary N) is 2. The van der Waals surface area contributed by atoms with Crippen molar-refractivity contribution < 1.29 is 14.3 Å². The summed E-state index contributed by atoms with van der Waals surface area (Å²) in [6.45, 7) is 0.589. The van der Waals surface area contributed by atoms with Gasteiger partial charge in [0.15, 0.2) is 0 Å². The summed E-state index contributed by atoms with van der Waals surface area (Å²) in [5.74, 6) is -1.38. The van der Waals surface area contributed by atoms with Gasteiger partial charge in [-0.2, -0.15) is 0 Å². The first-order chi connectivity index (χ1) is 9.61. The van der Waals surface area contributed by atoms with Gasteiger partial charge in [0.25, 0.3) is 5.91 Å². The van der Waals surface area contributed by atoms with Crippen LogP contribution in [0.5, 0.6) is 5.75 Å². The SMILES string of the molecule is CNCc1ccccc1NC(=O)c1cc(F)ccc1O. The van der Waals surface area contributed by atoms with E-state index in [1.165, 1.54) is 0 Å². The van der Waals surface area contributed by atoms with Gasteiger partial charge in [-0.05, 0) is 36.9 Å². The average molecular weight is 274 g/mol. The summed E-state index contributed by atoms with van der Waals surface area (Å²) in [5.41, 5.74) is 1.43. The van der Waals surface area contributed by atoms with E-state index in [1.807, 2.05) is 12.1 Å². The Morgan fingerprint density at radius 1 is 1.25 bits per heavy atom. The van der Waals surface area contributed by atoms with Crippen LogP contribution < -0.4 is 10.6 Å². The summed E-state index contributed by atoms with van der Waals surface area (Å²) < 4.78 is 13.1. The Hall–Kier alpha value is -2.40. The molecule has 0 heterocycles. The number of amides is 1. The van der Waals surface area contributed by atoms with Crippen molar-refractivity contribution in [2.45, 2.75) is 6.54 Å². The number of benzene rings is 2. The minimum atomic E-state index is -0.573. The van der Waals surface area contributed by atoms with Crippen molar-refractivity contribution in [3.8, 4) is 5.75 Å². The van der Waals surface area contributed by atoms with E-state index in [9.17, 15) is 14.3 Å². The van der Waals surface area contributed by atoms with Crippen LogP contribution >= 0.6 is 0 Å². The molecule has 0 aromatic heterocycles. The molecule has 0 atom stereocenters. The van der Waals surface area contributed by atoms with Crippen LogP contribution in [0.4, 0.5) is 10.1 Å². The predicted molar refractivity (Wildman–Crippen MR) is 75.2 cm³/mol. The molecule has 0 aliphatic carbocycles. The summed E-state index contributed by atoms with van der Waals surface area (Å²) in [7, 11) is 1.80. The van der Waals surface area contributed by atoms with E-state index >= 15 is 0 Å². The Labute approximate surface area is 116 Å². The van der Waals surface area contributed by atoms with Crippen molar-refractivity contribution in [3.63, 3.8) is 0 Å². The number of anilines is 1. The molecule has 0 saturated carbocycles. The van der Waals surface area contributed by atoms with Crippen LogP contribution in [0, 0.1) is 5.82 Å². The largest absolute Gasteiger partial charge is 0.507 e. The molecule has 1 amide bonds. The van der Waals surface area contributed by atoms with Crippen molar-refractivity contribution in [3.05, 3.63) is 59.4 Å². The Kier molecular flexibility index (Phi) is 4.32. The highest BCUT2D eigenvalue weighted by molar-refractivity contribution is 6.06. The molecule has 3 N–H and O–H groups in total. The molecule has 2 aromatic rings. The zero-order valence-corrected chi connectivity index (χ0v) is 11.0. The first kappa shape index (κ1) is 14.0. The molecule has 0 saturated heterocycles. The fraction of sp³-hybridized carbons (Fsp3) is 0.133. The van der Waals surface area contributed by atoms with E-state index in [1.54, 1.807) is 19.2 Å². The minimum absolute atomic E-state index is 0.0933. The lowest BCUT2D eigenvalue weighted by molar-refractivity contribution is 0.102. The summed E-state index contributed by atoms with van der Waals surface area (Å²) in [6, 6.07) is 10.5. The second kappa shape index (κ2) is 6.16. The number of carbonyl (C=O) groups excluding carboxylic acids is 1. The second-order valence-corrected chi connectivity index (χ2v) is 4.30. The monoisotopic (exact) mass is 274 g/mol. The maximum Gasteiger partial charge on any atom is 0.259 e. The lowest BCUT2D eigenvalue weighted by atomic mass is 10.1. The number of phenolic OH excluding ortho intramolecular Hbond substituents is 1. The third-order valence-electron chi connectivity index (χ3n) is 2.84. The zero-order chi connectivity index (χ0) is 14.5. The van der Waals surface area contributed by atoms with Gasteiger partial charge in [-0.25, -0.2) is 4.39 Å². The van der Waals surface area contributed by atoms with Crippen LogP contribution in [0.1, 0.15) is 15.9 Å². The third-order valence-corrected chi connectivity index (χ3v) is 2.84. The highest BCUT2D eigenvalue weighted by Crippen LogP contribution is 2.21. The van der Waals surface area contributed by atoms with Crippen molar-refractivity contribution >= 4 is 11.6 Å². The molecule has 5 heteroatoms. The molecule has 20 heavy (non-hydrogen) atoms. The van der Waals surface area contributed by atoms with Gasteiger partial charge in [-0.3, -0.25) is 4.79 Å². The van der Waals surface area contributed by atoms with Crippen LogP contribution in [0.25, 0.3) is 0 Å². The number of hydrogen-bond donors (Lipinski definition) is 3. The van der Waals surface area contributed by atoms with Crippen LogP contribution in [-0.2, 0) is 6.54 Å². The summed E-state index contributed by atoms with van der Waals surface area (Å²) in [4.78, 5) is 12.1. The van der Waals surface area contributed by atoms with Crippen molar-refractivity contribution in [2.24, 2.45) is 0 Å². The van der Waals surface area contributed by atoms with E-state index < -0.39 is 11.7 Å². The molecule has 0 aliphatic rings. The van der Waals surface area contributed by atoms with Gasteiger partial charge in [-0.1, -0.05) is 18.2 Å². The number of aromatic hydroxyl groups is 1. The predicted octanol–water partition coefficient (Wildman–Crippen LogP) is 2.50. The van der Waals surface area contributed by atoms with E-state index in [-0.39, 0.29) is 11.3 Å². The van der Waals surface area contributed by atoms with Gasteiger partial charge in [-0.15, -0.1) is 0 Å². The highest BCUT2D eigenvalue weighted by atomic mass is 19.1. The zero-order valence-electron chi connectivity index (χ0n) is 11.0. The van der Waals surface area contributed by atoms with Gasteiger partial charge in [0.2, 0.25) is 0 Å². The van der Waals surface area contributed by atoms with Gasteiger partial charge in [0.1, 0.15) is 11.6 Å². The quantitative estimate of drug-likeness (QED) is 0.802. The van der Waals surface area contributed by atoms with Crippen LogP contribution in [0.15, 0.2) is 42.5 Å². The molecular formula is C15H15FN2O2. The molecule has 2 rings (SSSR count). The molecular weight excluding hydrogens is 259 g/mol. The summed E-state index contributed by atoms with van der Waals surface area (Å²) in [5, 5.41) is 15.3. The Morgan fingerprint density at radius 2 is 2.00 bits per heavy atom. The van der Waals surface area contributed by atoms with Crippen LogP contribution in [0.2, 0.25) is 0 Å². The molecule has 0 spiro atoms. The van der Waals surface area contributed by atoms with Gasteiger partial charge in [0.05, 0.1) is 5.56 Å². The first-order valence-corrected chi connectivity index (χ1v) is 6.14. The molecule has 2 aromatic carbocycles. The van der Waals surface area contributed by atoms with Gasteiger partial charge >= 0.3 is 0 Å². The summed E-state index contributed by atoms with van der Waals surface area (Å²) in [6.07, 6.45) is 0. The fourth-order valence-corrected chi connectivity index (χ4v) is 1.87. The molecule has 0 aliphatic heterocycles. The number of rotatable bonds is 4. The van der Waals surface area contributed by atoms with Crippen molar-refractivity contribution in [1.82, 2.24) is 5.32 Å². The lowest BCUT2D eigenvalue weighted by Gasteiger charge is -2.11. The molecule has 0 bridgehead atoms. The lowest BCUT2D eigenvalue weighted by Crippen LogP contribution is -2.15. The smallest absolute Gasteiger partial charge is 0.259 e. The van der Waals surface area contributed by atoms with Crippen LogP contribution in [-0.4, -0.2) is 18.1 Å². The maximum atomic E-state index is 13.1. The Bertz CT molecular complexity index is 629. The van der Waals surface area contributed by atoms with Crippen molar-refractivity contribution in [2.75, 3.05) is 12.4 Å². The van der Waals surface area contributed by atoms with E-state index in [2.05, 4.69) is 10.6 Å². The van der Waals surface area contributed by atoms with Crippen LogP contribution in [0.3, 0.4) is 0 Å². The minimum Gasteiger partial charge on any atom is -0.507 e. The normalized spacial score (nSPS) is 10.3. The Morgan fingerprint density at radius 3 is 2.75 bits per heavy atom. The summed E-state index contributed by atoms with van der Waals surface area (Å²) >= 11 is 0. The Balaban J connectivity index is 2.26. The molecule has 104 valence electrons. The molecule has 4 nitrogen and oxygen atoms in total. The van der Waals surface area contributed by atoms with Crippen molar-refractivity contribution in [1.29, 1.82) is 0 Å². The number of halogens is 1. The molecule has 0 radical (unpaired) electrons. The number of phenols is 1. The highest BCUT2D eigenvalue weighted by Gasteiger charge is 2.13. The fourth-order valence-electron chi connectivity index (χ4n) is 1.87. The first-order valence-electron chi connectivity index (χ1n) is 6.14. The standard InChI is InChI=1S/C15H15FN2O2/c1-17-9-10-4-2-3-5-13(10)18-15(20)12-8-11(16)6-7-14(12)19/h2-8,17,19H,9H2,1H3,(H,18,20). The maximum absolute atomic E-state index is 13.1. The van der Waals surface area contributed by atoms with E-state index in [0.29, 0.717) is 12.2 Å².